The molecule has 2 heterocycles. The predicted octanol–water partition coefficient (Wildman–Crippen LogP) is 1.61. The van der Waals surface area contributed by atoms with Crippen LogP contribution in [0.1, 0.15) is 22.4 Å². The molecule has 0 fully saturated rings. The average molecular weight is 244 g/mol. The van der Waals surface area contributed by atoms with Crippen LogP contribution in [-0.2, 0) is 24.3 Å². The van der Waals surface area contributed by atoms with Crippen molar-refractivity contribution < 1.29 is 4.74 Å². The molecule has 0 atom stereocenters. The van der Waals surface area contributed by atoms with E-state index in [1.54, 1.807) is 4.68 Å². The van der Waals surface area contributed by atoms with Gasteiger partial charge in [0.2, 0.25) is 0 Å². The SMILES string of the molecule is Cc1ccccc1Cn1[nH]c2c(c1=O)COCC2. The van der Waals surface area contributed by atoms with Crippen LogP contribution in [0, 0.1) is 6.92 Å². The van der Waals surface area contributed by atoms with E-state index in [1.807, 2.05) is 12.1 Å². The number of nitrogens with one attached hydrogen (secondary N) is 1. The van der Waals surface area contributed by atoms with Gasteiger partial charge in [0.15, 0.2) is 0 Å². The summed E-state index contributed by atoms with van der Waals surface area (Å²) < 4.78 is 7.01. The summed E-state index contributed by atoms with van der Waals surface area (Å²) in [5.41, 5.74) is 4.23. The summed E-state index contributed by atoms with van der Waals surface area (Å²) in [5, 5.41) is 3.20. The van der Waals surface area contributed by atoms with Gasteiger partial charge in [-0.05, 0) is 18.1 Å². The van der Waals surface area contributed by atoms with Gasteiger partial charge in [-0.25, -0.2) is 4.68 Å². The number of aryl methyl sites for hydroxylation is 1. The number of aromatic amines is 1. The van der Waals surface area contributed by atoms with Gasteiger partial charge in [0.05, 0.1) is 25.3 Å². The van der Waals surface area contributed by atoms with Crippen molar-refractivity contribution in [2.75, 3.05) is 6.61 Å². The average Bonchev–Trinajstić information content (AvgIpc) is 2.70. The molecule has 0 radical (unpaired) electrons. The lowest BCUT2D eigenvalue weighted by atomic mass is 10.1. The minimum Gasteiger partial charge on any atom is -0.376 e. The van der Waals surface area contributed by atoms with Crippen molar-refractivity contribution >= 4 is 0 Å². The first-order chi connectivity index (χ1) is 8.75. The molecule has 0 saturated carbocycles. The van der Waals surface area contributed by atoms with E-state index in [-0.39, 0.29) is 5.56 Å². The predicted molar refractivity (Wildman–Crippen MR) is 68.7 cm³/mol. The zero-order valence-corrected chi connectivity index (χ0v) is 10.4. The molecule has 1 aromatic carbocycles. The van der Waals surface area contributed by atoms with Crippen LogP contribution in [0.2, 0.25) is 0 Å². The molecule has 3 rings (SSSR count). The van der Waals surface area contributed by atoms with Gasteiger partial charge < -0.3 is 4.74 Å². The standard InChI is InChI=1S/C14H16N2O2/c1-10-4-2-3-5-11(10)8-16-14(17)12-9-18-7-6-13(12)15-16/h2-5,15H,6-9H2,1H3. The van der Waals surface area contributed by atoms with Crippen LogP contribution < -0.4 is 5.56 Å². The summed E-state index contributed by atoms with van der Waals surface area (Å²) in [6.07, 6.45) is 0.797. The summed E-state index contributed by atoms with van der Waals surface area (Å²) >= 11 is 0. The van der Waals surface area contributed by atoms with Crippen LogP contribution in [0.5, 0.6) is 0 Å². The maximum Gasteiger partial charge on any atom is 0.272 e. The van der Waals surface area contributed by atoms with E-state index in [9.17, 15) is 4.79 Å². The van der Waals surface area contributed by atoms with Crippen LogP contribution in [0.4, 0.5) is 0 Å². The van der Waals surface area contributed by atoms with Crippen LogP contribution in [0.25, 0.3) is 0 Å². The molecule has 4 nitrogen and oxygen atoms in total. The number of hydrogen-bond donors (Lipinski definition) is 1. The number of benzene rings is 1. The van der Waals surface area contributed by atoms with Gasteiger partial charge in [-0.3, -0.25) is 9.89 Å². The van der Waals surface area contributed by atoms with E-state index in [4.69, 9.17) is 4.74 Å². The number of ether oxygens (including phenoxy) is 1. The first-order valence-corrected chi connectivity index (χ1v) is 6.18. The molecule has 0 amide bonds. The van der Waals surface area contributed by atoms with Crippen LogP contribution >= 0.6 is 0 Å². The Morgan fingerprint density at radius 2 is 2.22 bits per heavy atom. The minimum absolute atomic E-state index is 0.0490. The Kier molecular flexibility index (Phi) is 2.80. The van der Waals surface area contributed by atoms with Crippen molar-refractivity contribution in [3.05, 3.63) is 57.0 Å². The lowest BCUT2D eigenvalue weighted by Crippen LogP contribution is -2.21. The smallest absolute Gasteiger partial charge is 0.272 e. The molecule has 1 aliphatic rings. The second kappa shape index (κ2) is 4.46. The summed E-state index contributed by atoms with van der Waals surface area (Å²) in [6.45, 7) is 3.79. The monoisotopic (exact) mass is 244 g/mol. The molecule has 2 aromatic rings. The highest BCUT2D eigenvalue weighted by Gasteiger charge is 2.18. The fraction of sp³-hybridized carbons (Fsp3) is 0.357. The van der Waals surface area contributed by atoms with Gasteiger partial charge in [0, 0.05) is 12.1 Å². The molecule has 0 bridgehead atoms. The zero-order valence-electron chi connectivity index (χ0n) is 10.4. The van der Waals surface area contributed by atoms with Gasteiger partial charge in [-0.15, -0.1) is 0 Å². The lowest BCUT2D eigenvalue weighted by Gasteiger charge is -2.09. The first kappa shape index (κ1) is 11.3. The van der Waals surface area contributed by atoms with Crippen molar-refractivity contribution in [2.24, 2.45) is 0 Å². The Labute approximate surface area is 105 Å². The molecule has 0 unspecified atom stereocenters. The van der Waals surface area contributed by atoms with Crippen LogP contribution in [-0.4, -0.2) is 16.4 Å². The molecule has 0 aliphatic carbocycles. The number of aromatic nitrogens is 2. The molecule has 0 spiro atoms. The highest BCUT2D eigenvalue weighted by atomic mass is 16.5. The van der Waals surface area contributed by atoms with E-state index in [0.717, 1.165) is 17.7 Å². The Morgan fingerprint density at radius 3 is 3.00 bits per heavy atom. The van der Waals surface area contributed by atoms with Crippen LogP contribution in [0.15, 0.2) is 29.1 Å². The molecular weight excluding hydrogens is 228 g/mol. The highest BCUT2D eigenvalue weighted by molar-refractivity contribution is 5.26. The number of H-pyrrole nitrogens is 1. The second-order valence-corrected chi connectivity index (χ2v) is 4.69. The quantitative estimate of drug-likeness (QED) is 0.872. The molecule has 0 saturated heterocycles. The second-order valence-electron chi connectivity index (χ2n) is 4.69. The maximum atomic E-state index is 12.2. The maximum absolute atomic E-state index is 12.2. The van der Waals surface area contributed by atoms with Crippen molar-refractivity contribution in [2.45, 2.75) is 26.5 Å². The van der Waals surface area contributed by atoms with Gasteiger partial charge in [-0.2, -0.15) is 0 Å². The third-order valence-electron chi connectivity index (χ3n) is 3.47. The van der Waals surface area contributed by atoms with E-state index in [2.05, 4.69) is 24.2 Å². The molecule has 18 heavy (non-hydrogen) atoms. The Bertz CT molecular complexity index is 625. The van der Waals surface area contributed by atoms with Crippen LogP contribution in [0.3, 0.4) is 0 Å². The van der Waals surface area contributed by atoms with Gasteiger partial charge in [-0.1, -0.05) is 24.3 Å². The summed E-state index contributed by atoms with van der Waals surface area (Å²) in [5.74, 6) is 0. The fourth-order valence-corrected chi connectivity index (χ4v) is 2.35. The third-order valence-corrected chi connectivity index (χ3v) is 3.47. The van der Waals surface area contributed by atoms with E-state index < -0.39 is 0 Å². The van der Waals surface area contributed by atoms with Crippen molar-refractivity contribution in [3.63, 3.8) is 0 Å². The van der Waals surface area contributed by atoms with Gasteiger partial charge in [0.25, 0.3) is 5.56 Å². The molecule has 1 aliphatic heterocycles. The number of fused-ring (bicyclic) bond motifs is 1. The summed E-state index contributed by atoms with van der Waals surface area (Å²) in [4.78, 5) is 12.2. The summed E-state index contributed by atoms with van der Waals surface area (Å²) in [7, 11) is 0. The number of hydrogen-bond acceptors (Lipinski definition) is 2. The van der Waals surface area contributed by atoms with Crippen molar-refractivity contribution in [1.82, 2.24) is 9.78 Å². The third kappa shape index (κ3) is 1.88. The largest absolute Gasteiger partial charge is 0.376 e. The minimum atomic E-state index is 0.0490. The molecular formula is C14H16N2O2. The molecule has 94 valence electrons. The molecule has 1 aromatic heterocycles. The highest BCUT2D eigenvalue weighted by Crippen LogP contribution is 2.12. The zero-order chi connectivity index (χ0) is 12.5. The van der Waals surface area contributed by atoms with Gasteiger partial charge >= 0.3 is 0 Å². The lowest BCUT2D eigenvalue weighted by molar-refractivity contribution is 0.109. The van der Waals surface area contributed by atoms with Crippen molar-refractivity contribution in [3.8, 4) is 0 Å². The molecule has 4 heteroatoms. The Hall–Kier alpha value is -1.81. The van der Waals surface area contributed by atoms with E-state index >= 15 is 0 Å². The first-order valence-electron chi connectivity index (χ1n) is 6.18. The van der Waals surface area contributed by atoms with Crippen molar-refractivity contribution in [1.29, 1.82) is 0 Å². The Morgan fingerprint density at radius 1 is 1.39 bits per heavy atom. The topological polar surface area (TPSA) is 47.0 Å². The Balaban J connectivity index is 1.97. The molecule has 1 N–H and O–H groups in total. The summed E-state index contributed by atoms with van der Waals surface area (Å²) in [6, 6.07) is 8.12. The van der Waals surface area contributed by atoms with E-state index in [0.29, 0.717) is 19.8 Å². The fourth-order valence-electron chi connectivity index (χ4n) is 2.35. The normalized spacial score (nSPS) is 14.5. The number of rotatable bonds is 2. The van der Waals surface area contributed by atoms with E-state index in [1.165, 1.54) is 11.1 Å². The number of nitrogens with zero attached hydrogens (tertiary/aromatic N) is 1. The van der Waals surface area contributed by atoms with Gasteiger partial charge in [0.1, 0.15) is 0 Å².